The van der Waals surface area contributed by atoms with E-state index in [4.69, 9.17) is 0 Å². The lowest BCUT2D eigenvalue weighted by atomic mass is 9.68. The van der Waals surface area contributed by atoms with Crippen LogP contribution in [0, 0.1) is 10.8 Å². The Morgan fingerprint density at radius 1 is 1.06 bits per heavy atom. The van der Waals surface area contributed by atoms with Crippen molar-refractivity contribution in [1.29, 1.82) is 0 Å². The van der Waals surface area contributed by atoms with E-state index < -0.39 is 0 Å². The number of hydrogen-bond donors (Lipinski definition) is 0. The molecule has 0 saturated heterocycles. The van der Waals surface area contributed by atoms with Crippen LogP contribution in [0.1, 0.15) is 80.6 Å². The maximum atomic E-state index is 3.78. The molecule has 0 aliphatic heterocycles. The lowest BCUT2D eigenvalue weighted by Crippen LogP contribution is -2.25. The number of allylic oxidation sites excluding steroid dienone is 2. The van der Waals surface area contributed by atoms with E-state index in [1.165, 1.54) is 36.6 Å². The fourth-order valence-corrected chi connectivity index (χ4v) is 3.68. The summed E-state index contributed by atoms with van der Waals surface area (Å²) in [6.07, 6.45) is 6.33. The molecule has 0 saturated carbocycles. The van der Waals surface area contributed by atoms with Gasteiger partial charge in [-0.25, -0.2) is 0 Å². The van der Waals surface area contributed by atoms with Crippen LogP contribution in [0.4, 0.5) is 0 Å². The Morgan fingerprint density at radius 3 is 2.06 bits per heavy atom. The molecule has 1 heteroatoms. The van der Waals surface area contributed by atoms with Gasteiger partial charge in [-0.05, 0) is 47.4 Å². The summed E-state index contributed by atoms with van der Waals surface area (Å²) in [6, 6.07) is 0. The zero-order valence-electron chi connectivity index (χ0n) is 12.9. The van der Waals surface area contributed by atoms with Gasteiger partial charge in [-0.3, -0.25) is 0 Å². The fraction of sp³-hybridized carbons (Fsp3) is 0.875. The van der Waals surface area contributed by atoms with Gasteiger partial charge in [0, 0.05) is 0 Å². The largest absolute Gasteiger partial charge is 0.0683 e. The Kier molecular flexibility index (Phi) is 7.06. The highest BCUT2D eigenvalue weighted by atomic mass is 79.9. The predicted octanol–water partition coefficient (Wildman–Crippen LogP) is 6.70. The highest BCUT2D eigenvalue weighted by Crippen LogP contribution is 2.45. The van der Waals surface area contributed by atoms with Gasteiger partial charge in [-0.1, -0.05) is 70.0 Å². The number of halogens is 1. The summed E-state index contributed by atoms with van der Waals surface area (Å²) in [5, 5.41) is 0. The molecule has 0 bridgehead atoms. The smallest absolute Gasteiger partial charge is 0.00570 e. The predicted molar refractivity (Wildman–Crippen MR) is 83.6 cm³/mol. The Bertz CT molecular complexity index is 259. The normalized spacial score (nSPS) is 27.5. The lowest BCUT2D eigenvalue weighted by molar-refractivity contribution is 0.176. The highest BCUT2D eigenvalue weighted by Gasteiger charge is 2.31. The summed E-state index contributed by atoms with van der Waals surface area (Å²) in [4.78, 5) is 0. The molecule has 1 aliphatic carbocycles. The zero-order chi connectivity index (χ0) is 13.7. The van der Waals surface area contributed by atoms with Crippen LogP contribution < -0.4 is 0 Å². The average molecular weight is 303 g/mol. The minimum atomic E-state index is 0.453. The first kappa shape index (κ1) is 17.2. The maximum absolute atomic E-state index is 3.78. The first-order chi connectivity index (χ1) is 7.76. The van der Waals surface area contributed by atoms with E-state index in [0.29, 0.717) is 10.8 Å². The van der Waals surface area contributed by atoms with E-state index in [1.807, 2.05) is 13.8 Å². The molecule has 17 heavy (non-hydrogen) atoms. The van der Waals surface area contributed by atoms with Gasteiger partial charge in [0.2, 0.25) is 0 Å². The van der Waals surface area contributed by atoms with Crippen molar-refractivity contribution in [3.05, 3.63) is 10.1 Å². The Labute approximate surface area is 117 Å². The standard InChI is InChI=1S/C14H25Br.C2H6/c1-6-11-9-14(4,5)10-13(2,3)8-7-12(11)15;1-2/h6-10H2,1-5H3;1-2H3/b12-11+;. The van der Waals surface area contributed by atoms with Crippen LogP contribution in [-0.2, 0) is 0 Å². The second-order valence-electron chi connectivity index (χ2n) is 6.54. The molecule has 0 unspecified atom stereocenters. The molecule has 1 rings (SSSR count). The minimum Gasteiger partial charge on any atom is -0.0683 e. The van der Waals surface area contributed by atoms with Gasteiger partial charge in [-0.2, -0.15) is 0 Å². The van der Waals surface area contributed by atoms with E-state index in [-0.39, 0.29) is 0 Å². The highest BCUT2D eigenvalue weighted by molar-refractivity contribution is 9.11. The quantitative estimate of drug-likeness (QED) is 0.505. The monoisotopic (exact) mass is 302 g/mol. The van der Waals surface area contributed by atoms with Gasteiger partial charge < -0.3 is 0 Å². The maximum Gasteiger partial charge on any atom is -0.00570 e. The molecule has 0 nitrogen and oxygen atoms in total. The van der Waals surface area contributed by atoms with E-state index >= 15 is 0 Å². The van der Waals surface area contributed by atoms with E-state index in [0.717, 1.165) is 0 Å². The lowest BCUT2D eigenvalue weighted by Gasteiger charge is -2.38. The summed E-state index contributed by atoms with van der Waals surface area (Å²) in [5.41, 5.74) is 2.58. The molecule has 0 N–H and O–H groups in total. The molecule has 1 aliphatic rings. The van der Waals surface area contributed by atoms with Crippen LogP contribution in [0.2, 0.25) is 0 Å². The first-order valence-corrected chi connectivity index (χ1v) is 7.91. The topological polar surface area (TPSA) is 0 Å². The van der Waals surface area contributed by atoms with Gasteiger partial charge in [0.1, 0.15) is 0 Å². The van der Waals surface area contributed by atoms with Gasteiger partial charge in [0.15, 0.2) is 0 Å². The molecule has 0 radical (unpaired) electrons. The van der Waals surface area contributed by atoms with Crippen LogP contribution >= 0.6 is 15.9 Å². The fourth-order valence-electron chi connectivity index (χ4n) is 3.06. The number of hydrogen-bond acceptors (Lipinski definition) is 0. The van der Waals surface area contributed by atoms with Crippen molar-refractivity contribution in [2.45, 2.75) is 80.6 Å². The SMILES string of the molecule is CC.CC/C1=C(\Br)CCC(C)(C)CC(C)(C)C1. The molecule has 0 fully saturated rings. The summed E-state index contributed by atoms with van der Waals surface area (Å²) < 4.78 is 1.48. The molecule has 0 aromatic heterocycles. The van der Waals surface area contributed by atoms with Crippen molar-refractivity contribution in [2.24, 2.45) is 10.8 Å². The van der Waals surface area contributed by atoms with Crippen molar-refractivity contribution >= 4 is 15.9 Å². The van der Waals surface area contributed by atoms with Crippen molar-refractivity contribution in [3.8, 4) is 0 Å². The van der Waals surface area contributed by atoms with E-state index in [2.05, 4.69) is 50.5 Å². The Hall–Kier alpha value is 0.220. The first-order valence-electron chi connectivity index (χ1n) is 7.12. The summed E-state index contributed by atoms with van der Waals surface area (Å²) >= 11 is 3.78. The molecule has 0 heterocycles. The van der Waals surface area contributed by atoms with Gasteiger partial charge in [-0.15, -0.1) is 0 Å². The molecule has 0 amide bonds. The third-order valence-corrected chi connectivity index (χ3v) is 4.44. The number of rotatable bonds is 1. The molecular weight excluding hydrogens is 272 g/mol. The summed E-state index contributed by atoms with van der Waals surface area (Å²) in [7, 11) is 0. The minimum absolute atomic E-state index is 0.453. The van der Waals surface area contributed by atoms with Crippen LogP contribution in [0.25, 0.3) is 0 Å². The van der Waals surface area contributed by atoms with Crippen LogP contribution in [-0.4, -0.2) is 0 Å². The second-order valence-corrected chi connectivity index (χ2v) is 7.50. The third kappa shape index (κ3) is 6.08. The average Bonchev–Trinajstić information content (AvgIpc) is 2.23. The van der Waals surface area contributed by atoms with Crippen molar-refractivity contribution in [1.82, 2.24) is 0 Å². The van der Waals surface area contributed by atoms with Crippen LogP contribution in [0.15, 0.2) is 10.1 Å². The Balaban J connectivity index is 0.00000121. The van der Waals surface area contributed by atoms with Gasteiger partial charge in [0.05, 0.1) is 0 Å². The molecular formula is C16H31Br. The van der Waals surface area contributed by atoms with Crippen molar-refractivity contribution in [3.63, 3.8) is 0 Å². The van der Waals surface area contributed by atoms with E-state index in [9.17, 15) is 0 Å². The third-order valence-electron chi connectivity index (χ3n) is 3.48. The molecule has 0 aromatic carbocycles. The van der Waals surface area contributed by atoms with Gasteiger partial charge >= 0.3 is 0 Å². The summed E-state index contributed by atoms with van der Waals surface area (Å²) in [6.45, 7) is 15.9. The summed E-state index contributed by atoms with van der Waals surface area (Å²) in [5.74, 6) is 0. The molecule has 102 valence electrons. The van der Waals surface area contributed by atoms with Crippen molar-refractivity contribution < 1.29 is 0 Å². The zero-order valence-corrected chi connectivity index (χ0v) is 14.5. The van der Waals surface area contributed by atoms with E-state index in [1.54, 1.807) is 5.57 Å². The van der Waals surface area contributed by atoms with Crippen molar-refractivity contribution in [2.75, 3.05) is 0 Å². The molecule has 0 atom stereocenters. The Morgan fingerprint density at radius 2 is 1.59 bits per heavy atom. The molecule has 0 aromatic rings. The van der Waals surface area contributed by atoms with Gasteiger partial charge in [0.25, 0.3) is 0 Å². The van der Waals surface area contributed by atoms with Crippen LogP contribution in [0.3, 0.4) is 0 Å². The molecule has 0 spiro atoms. The second kappa shape index (κ2) is 6.97. The van der Waals surface area contributed by atoms with Crippen LogP contribution in [0.5, 0.6) is 0 Å².